The molecule has 0 fully saturated rings. The van der Waals surface area contributed by atoms with Gasteiger partial charge in [0.05, 0.1) is 10.6 Å². The van der Waals surface area contributed by atoms with Crippen LogP contribution in [0, 0.1) is 0 Å². The minimum absolute atomic E-state index is 0.238. The number of aromatic nitrogens is 1. The molecule has 16 heavy (non-hydrogen) atoms. The molecule has 0 saturated carbocycles. The van der Waals surface area contributed by atoms with E-state index in [2.05, 4.69) is 4.98 Å². The van der Waals surface area contributed by atoms with Gasteiger partial charge in [0.2, 0.25) is 0 Å². The topological polar surface area (TPSA) is 53.1 Å². The van der Waals surface area contributed by atoms with E-state index >= 15 is 0 Å². The molecule has 1 heterocycles. The Bertz CT molecular complexity index is 557. The third kappa shape index (κ3) is 1.57. The van der Waals surface area contributed by atoms with Gasteiger partial charge in [-0.2, -0.15) is 0 Å². The van der Waals surface area contributed by atoms with Gasteiger partial charge >= 0.3 is 5.97 Å². The molecule has 0 atom stereocenters. The fraction of sp³-hybridized carbons (Fsp3) is 0.250. The quantitative estimate of drug-likeness (QED) is 0.838. The molecule has 0 radical (unpaired) electrons. The lowest BCUT2D eigenvalue weighted by molar-refractivity contribution is 0.0699. The number of aromatic amines is 1. The summed E-state index contributed by atoms with van der Waals surface area (Å²) in [5, 5.41) is 10.2. The molecule has 0 aliphatic carbocycles. The van der Waals surface area contributed by atoms with Crippen LogP contribution < -0.4 is 0 Å². The van der Waals surface area contributed by atoms with E-state index in [4.69, 9.17) is 16.7 Å². The summed E-state index contributed by atoms with van der Waals surface area (Å²) < 4.78 is 0. The van der Waals surface area contributed by atoms with Gasteiger partial charge in [-0.1, -0.05) is 31.5 Å². The zero-order valence-electron chi connectivity index (χ0n) is 9.04. The van der Waals surface area contributed by atoms with E-state index in [9.17, 15) is 4.79 Å². The van der Waals surface area contributed by atoms with Crippen molar-refractivity contribution in [2.75, 3.05) is 0 Å². The van der Waals surface area contributed by atoms with E-state index in [1.807, 2.05) is 19.9 Å². The summed E-state index contributed by atoms with van der Waals surface area (Å²) >= 11 is 6.21. The highest BCUT2D eigenvalue weighted by atomic mass is 35.5. The van der Waals surface area contributed by atoms with Crippen LogP contribution in [-0.4, -0.2) is 16.1 Å². The molecule has 1 aromatic carbocycles. The molecule has 0 aliphatic heterocycles. The van der Waals surface area contributed by atoms with Crippen LogP contribution in [0.3, 0.4) is 0 Å². The maximum atomic E-state index is 11.1. The van der Waals surface area contributed by atoms with Gasteiger partial charge in [-0.05, 0) is 18.1 Å². The van der Waals surface area contributed by atoms with Gasteiger partial charge in [0, 0.05) is 16.6 Å². The summed E-state index contributed by atoms with van der Waals surface area (Å²) in [4.78, 5) is 14.2. The zero-order valence-corrected chi connectivity index (χ0v) is 9.80. The second-order valence-electron chi connectivity index (χ2n) is 4.04. The smallest absolute Gasteiger partial charge is 0.336 e. The molecule has 2 aromatic rings. The van der Waals surface area contributed by atoms with Crippen LogP contribution in [0.15, 0.2) is 18.2 Å². The van der Waals surface area contributed by atoms with Gasteiger partial charge in [0.15, 0.2) is 0 Å². The van der Waals surface area contributed by atoms with E-state index in [0.29, 0.717) is 10.4 Å². The Hall–Kier alpha value is -1.48. The predicted octanol–water partition coefficient (Wildman–Crippen LogP) is 3.64. The van der Waals surface area contributed by atoms with Crippen LogP contribution in [0.25, 0.3) is 10.9 Å². The van der Waals surface area contributed by atoms with Crippen molar-refractivity contribution in [3.05, 3.63) is 34.5 Å². The minimum atomic E-state index is -0.957. The van der Waals surface area contributed by atoms with Crippen molar-refractivity contribution in [3.8, 4) is 0 Å². The van der Waals surface area contributed by atoms with E-state index in [-0.39, 0.29) is 11.5 Å². The SMILES string of the molecule is CC(C)c1[nH]c2cccc(C(=O)O)c2c1Cl. The number of rotatable bonds is 2. The highest BCUT2D eigenvalue weighted by Gasteiger charge is 2.17. The summed E-state index contributed by atoms with van der Waals surface area (Å²) in [7, 11) is 0. The zero-order chi connectivity index (χ0) is 11.9. The normalized spacial score (nSPS) is 11.2. The first-order valence-corrected chi connectivity index (χ1v) is 5.43. The Morgan fingerprint density at radius 2 is 2.12 bits per heavy atom. The van der Waals surface area contributed by atoms with Crippen molar-refractivity contribution in [2.45, 2.75) is 19.8 Å². The number of hydrogen-bond donors (Lipinski definition) is 2. The highest BCUT2D eigenvalue weighted by Crippen LogP contribution is 2.33. The standard InChI is InChI=1S/C12H12ClNO2/c1-6(2)11-10(13)9-7(12(15)16)4-3-5-8(9)14-11/h3-6,14H,1-2H3,(H,15,16). The number of halogens is 1. The van der Waals surface area contributed by atoms with Crippen LogP contribution in [0.2, 0.25) is 5.02 Å². The largest absolute Gasteiger partial charge is 0.478 e. The lowest BCUT2D eigenvalue weighted by Crippen LogP contribution is -1.96. The first-order chi connectivity index (χ1) is 7.52. The molecule has 1 aromatic heterocycles. The maximum Gasteiger partial charge on any atom is 0.336 e. The fourth-order valence-corrected chi connectivity index (χ4v) is 2.27. The van der Waals surface area contributed by atoms with Crippen molar-refractivity contribution < 1.29 is 9.90 Å². The second kappa shape index (κ2) is 3.83. The summed E-state index contributed by atoms with van der Waals surface area (Å²) in [5.41, 5.74) is 1.89. The number of nitrogens with one attached hydrogen (secondary N) is 1. The van der Waals surface area contributed by atoms with Gasteiger partial charge in [-0.25, -0.2) is 4.79 Å². The van der Waals surface area contributed by atoms with Crippen LogP contribution in [0.1, 0.15) is 35.8 Å². The lowest BCUT2D eigenvalue weighted by Gasteiger charge is -2.01. The van der Waals surface area contributed by atoms with Crippen molar-refractivity contribution >= 4 is 28.5 Å². The molecule has 0 spiro atoms. The van der Waals surface area contributed by atoms with Crippen LogP contribution in [0.4, 0.5) is 0 Å². The van der Waals surface area contributed by atoms with Gasteiger partial charge in [-0.15, -0.1) is 0 Å². The molecule has 0 amide bonds. The summed E-state index contributed by atoms with van der Waals surface area (Å²) in [6, 6.07) is 5.11. The average Bonchev–Trinajstić information content (AvgIpc) is 2.56. The first kappa shape index (κ1) is 11.0. The summed E-state index contributed by atoms with van der Waals surface area (Å²) in [6.45, 7) is 4.02. The van der Waals surface area contributed by atoms with Gasteiger partial charge in [-0.3, -0.25) is 0 Å². The third-order valence-corrected chi connectivity index (χ3v) is 2.99. The van der Waals surface area contributed by atoms with Gasteiger partial charge < -0.3 is 10.1 Å². The highest BCUT2D eigenvalue weighted by molar-refractivity contribution is 6.37. The van der Waals surface area contributed by atoms with E-state index < -0.39 is 5.97 Å². The summed E-state index contributed by atoms with van der Waals surface area (Å²) in [5.74, 6) is -0.719. The molecule has 84 valence electrons. The molecular weight excluding hydrogens is 226 g/mol. The molecule has 0 saturated heterocycles. The first-order valence-electron chi connectivity index (χ1n) is 5.05. The number of fused-ring (bicyclic) bond motifs is 1. The van der Waals surface area contributed by atoms with Crippen LogP contribution >= 0.6 is 11.6 Å². The second-order valence-corrected chi connectivity index (χ2v) is 4.42. The van der Waals surface area contributed by atoms with Crippen molar-refractivity contribution in [2.24, 2.45) is 0 Å². The monoisotopic (exact) mass is 237 g/mol. The number of hydrogen-bond acceptors (Lipinski definition) is 1. The molecule has 4 heteroatoms. The molecular formula is C12H12ClNO2. The molecule has 0 bridgehead atoms. The number of carboxylic acid groups (broad SMARTS) is 1. The Morgan fingerprint density at radius 3 is 2.69 bits per heavy atom. The minimum Gasteiger partial charge on any atom is -0.478 e. The van der Waals surface area contributed by atoms with Crippen LogP contribution in [0.5, 0.6) is 0 Å². The number of benzene rings is 1. The Labute approximate surface area is 98.0 Å². The molecule has 3 nitrogen and oxygen atoms in total. The Morgan fingerprint density at radius 1 is 1.44 bits per heavy atom. The van der Waals surface area contributed by atoms with E-state index in [1.165, 1.54) is 0 Å². The number of carboxylic acids is 1. The predicted molar refractivity (Wildman–Crippen MR) is 64.4 cm³/mol. The summed E-state index contributed by atoms with van der Waals surface area (Å²) in [6.07, 6.45) is 0. The number of H-pyrrole nitrogens is 1. The van der Waals surface area contributed by atoms with Crippen molar-refractivity contribution in [1.82, 2.24) is 4.98 Å². The number of carbonyl (C=O) groups is 1. The lowest BCUT2D eigenvalue weighted by atomic mass is 10.1. The van der Waals surface area contributed by atoms with E-state index in [0.717, 1.165) is 11.2 Å². The van der Waals surface area contributed by atoms with Gasteiger partial charge in [0.1, 0.15) is 0 Å². The Balaban J connectivity index is 2.82. The molecule has 0 aliphatic rings. The molecule has 2 N–H and O–H groups in total. The van der Waals surface area contributed by atoms with Crippen LogP contribution in [-0.2, 0) is 0 Å². The fourth-order valence-electron chi connectivity index (χ4n) is 1.80. The van der Waals surface area contributed by atoms with Gasteiger partial charge in [0.25, 0.3) is 0 Å². The number of aromatic carboxylic acids is 1. The average molecular weight is 238 g/mol. The Kier molecular flexibility index (Phi) is 2.64. The third-order valence-electron chi connectivity index (χ3n) is 2.60. The maximum absolute atomic E-state index is 11.1. The van der Waals surface area contributed by atoms with Crippen molar-refractivity contribution in [3.63, 3.8) is 0 Å². The van der Waals surface area contributed by atoms with E-state index in [1.54, 1.807) is 12.1 Å². The molecule has 0 unspecified atom stereocenters. The molecule has 2 rings (SSSR count). The van der Waals surface area contributed by atoms with Crippen molar-refractivity contribution in [1.29, 1.82) is 0 Å².